The van der Waals surface area contributed by atoms with Crippen molar-refractivity contribution in [2.45, 2.75) is 18.1 Å². The summed E-state index contributed by atoms with van der Waals surface area (Å²) in [6, 6.07) is 5.12. The number of thioether (sulfide) groups is 1. The molecule has 2 amide bonds. The van der Waals surface area contributed by atoms with Gasteiger partial charge in [-0.25, -0.2) is 4.79 Å². The molecule has 1 heterocycles. The maximum absolute atomic E-state index is 12.0. The number of anilines is 1. The molecule has 0 spiro atoms. The van der Waals surface area contributed by atoms with Crippen LogP contribution in [0.4, 0.5) is 10.5 Å². The second-order valence-electron chi connectivity index (χ2n) is 5.10. The molecule has 0 atom stereocenters. The van der Waals surface area contributed by atoms with E-state index in [0.29, 0.717) is 29.0 Å². The highest BCUT2D eigenvalue weighted by atomic mass is 32.2. The Morgan fingerprint density at radius 1 is 1.30 bits per heavy atom. The standard InChI is InChI=1S/C16H24N2O4S/c1-20-14-5-3-4-13(15(14)21-2)18-16(19)17-8-11-23-12-6-9-22-10-7-12/h3-5,12H,6-11H2,1-2H3,(H2,17,18,19). The number of para-hydroxylation sites is 1. The number of carbonyl (C=O) groups is 1. The molecular weight excluding hydrogens is 316 g/mol. The normalized spacial score (nSPS) is 15.0. The third-order valence-electron chi connectivity index (χ3n) is 3.56. The Bertz CT molecular complexity index is 507. The molecule has 1 aliphatic rings. The SMILES string of the molecule is COc1cccc(NC(=O)NCCSC2CCOCC2)c1OC. The van der Waals surface area contributed by atoms with E-state index < -0.39 is 0 Å². The summed E-state index contributed by atoms with van der Waals surface area (Å²) >= 11 is 1.89. The van der Waals surface area contributed by atoms with Crippen molar-refractivity contribution in [3.63, 3.8) is 0 Å². The van der Waals surface area contributed by atoms with Crippen molar-refractivity contribution in [3.05, 3.63) is 18.2 Å². The number of hydrogen-bond acceptors (Lipinski definition) is 5. The Morgan fingerprint density at radius 3 is 2.78 bits per heavy atom. The Balaban J connectivity index is 1.74. The zero-order chi connectivity index (χ0) is 16.5. The Morgan fingerprint density at radius 2 is 2.09 bits per heavy atom. The molecule has 1 aromatic rings. The number of benzene rings is 1. The molecule has 0 bridgehead atoms. The fourth-order valence-electron chi connectivity index (χ4n) is 2.38. The van der Waals surface area contributed by atoms with Crippen molar-refractivity contribution in [1.82, 2.24) is 5.32 Å². The first-order valence-electron chi connectivity index (χ1n) is 7.69. The van der Waals surface area contributed by atoms with Gasteiger partial charge in [0.2, 0.25) is 0 Å². The van der Waals surface area contributed by atoms with E-state index in [1.54, 1.807) is 32.4 Å². The summed E-state index contributed by atoms with van der Waals surface area (Å²) in [6.07, 6.45) is 2.19. The van der Waals surface area contributed by atoms with Crippen LogP contribution in [0, 0.1) is 0 Å². The average molecular weight is 340 g/mol. The number of methoxy groups -OCH3 is 2. The van der Waals surface area contributed by atoms with Gasteiger partial charge in [0.15, 0.2) is 11.5 Å². The number of amides is 2. The van der Waals surface area contributed by atoms with Crippen molar-refractivity contribution in [3.8, 4) is 11.5 Å². The molecule has 0 radical (unpaired) electrons. The molecule has 0 aliphatic carbocycles. The van der Waals surface area contributed by atoms with Crippen LogP contribution >= 0.6 is 11.8 Å². The largest absolute Gasteiger partial charge is 0.493 e. The van der Waals surface area contributed by atoms with Crippen LogP contribution < -0.4 is 20.1 Å². The van der Waals surface area contributed by atoms with Crippen LogP contribution in [0.2, 0.25) is 0 Å². The van der Waals surface area contributed by atoms with Crippen LogP contribution in [0.25, 0.3) is 0 Å². The highest BCUT2D eigenvalue weighted by molar-refractivity contribution is 7.99. The van der Waals surface area contributed by atoms with Crippen LogP contribution in [0.3, 0.4) is 0 Å². The van der Waals surface area contributed by atoms with Crippen molar-refractivity contribution in [1.29, 1.82) is 0 Å². The maximum atomic E-state index is 12.0. The molecule has 2 rings (SSSR count). The van der Waals surface area contributed by atoms with Gasteiger partial charge in [-0.15, -0.1) is 0 Å². The summed E-state index contributed by atoms with van der Waals surface area (Å²) < 4.78 is 15.8. The van der Waals surface area contributed by atoms with Crippen LogP contribution in [0.15, 0.2) is 18.2 Å². The smallest absolute Gasteiger partial charge is 0.319 e. The first-order valence-corrected chi connectivity index (χ1v) is 8.74. The van der Waals surface area contributed by atoms with Gasteiger partial charge in [0.1, 0.15) is 0 Å². The van der Waals surface area contributed by atoms with Crippen molar-refractivity contribution < 1.29 is 19.0 Å². The highest BCUT2D eigenvalue weighted by Gasteiger charge is 2.14. The minimum atomic E-state index is -0.246. The van der Waals surface area contributed by atoms with Crippen molar-refractivity contribution in [2.75, 3.05) is 45.0 Å². The maximum Gasteiger partial charge on any atom is 0.319 e. The van der Waals surface area contributed by atoms with Gasteiger partial charge < -0.3 is 24.8 Å². The van der Waals surface area contributed by atoms with Gasteiger partial charge in [-0.3, -0.25) is 0 Å². The lowest BCUT2D eigenvalue weighted by molar-refractivity contribution is 0.100. The zero-order valence-electron chi connectivity index (χ0n) is 13.6. The molecule has 0 saturated carbocycles. The van der Waals surface area contributed by atoms with E-state index in [-0.39, 0.29) is 6.03 Å². The van der Waals surface area contributed by atoms with E-state index in [1.165, 1.54) is 0 Å². The van der Waals surface area contributed by atoms with E-state index in [9.17, 15) is 4.79 Å². The van der Waals surface area contributed by atoms with Crippen molar-refractivity contribution >= 4 is 23.5 Å². The Labute approximate surface area is 141 Å². The minimum absolute atomic E-state index is 0.246. The fraction of sp³-hybridized carbons (Fsp3) is 0.562. The quantitative estimate of drug-likeness (QED) is 0.747. The Kier molecular flexibility index (Phi) is 7.35. The Hall–Kier alpha value is -1.60. The third kappa shape index (κ3) is 5.51. The number of hydrogen-bond donors (Lipinski definition) is 2. The molecular formula is C16H24N2O4S. The number of carbonyl (C=O) groups excluding carboxylic acids is 1. The monoisotopic (exact) mass is 340 g/mol. The fourth-order valence-corrected chi connectivity index (χ4v) is 3.46. The van der Waals surface area contributed by atoms with Crippen LogP contribution in [0.5, 0.6) is 11.5 Å². The van der Waals surface area contributed by atoms with E-state index in [1.807, 2.05) is 11.8 Å². The summed E-state index contributed by atoms with van der Waals surface area (Å²) in [5, 5.41) is 6.30. The summed E-state index contributed by atoms with van der Waals surface area (Å²) in [7, 11) is 3.11. The molecule has 1 aromatic carbocycles. The van der Waals surface area contributed by atoms with Gasteiger partial charge in [0.25, 0.3) is 0 Å². The molecule has 1 saturated heterocycles. The van der Waals surface area contributed by atoms with E-state index in [4.69, 9.17) is 14.2 Å². The van der Waals surface area contributed by atoms with Crippen LogP contribution in [-0.4, -0.2) is 51.0 Å². The molecule has 128 valence electrons. The highest BCUT2D eigenvalue weighted by Crippen LogP contribution is 2.34. The number of urea groups is 1. The van der Waals surface area contributed by atoms with Crippen LogP contribution in [-0.2, 0) is 4.74 Å². The van der Waals surface area contributed by atoms with E-state index >= 15 is 0 Å². The topological polar surface area (TPSA) is 68.8 Å². The molecule has 0 aromatic heterocycles. The van der Waals surface area contributed by atoms with Gasteiger partial charge in [0.05, 0.1) is 19.9 Å². The van der Waals surface area contributed by atoms with Gasteiger partial charge in [-0.2, -0.15) is 11.8 Å². The minimum Gasteiger partial charge on any atom is -0.493 e. The van der Waals surface area contributed by atoms with Gasteiger partial charge in [-0.1, -0.05) is 6.07 Å². The molecule has 23 heavy (non-hydrogen) atoms. The van der Waals surface area contributed by atoms with E-state index in [2.05, 4.69) is 10.6 Å². The van der Waals surface area contributed by atoms with Gasteiger partial charge in [0, 0.05) is 30.8 Å². The summed E-state index contributed by atoms with van der Waals surface area (Å²) in [6.45, 7) is 2.32. The predicted octanol–water partition coefficient (Wildman–Crippen LogP) is 2.74. The second-order valence-corrected chi connectivity index (χ2v) is 6.51. The molecule has 1 aliphatic heterocycles. The first-order chi connectivity index (χ1) is 11.2. The lowest BCUT2D eigenvalue weighted by atomic mass is 10.2. The first kappa shape index (κ1) is 17.7. The lowest BCUT2D eigenvalue weighted by Gasteiger charge is -2.21. The zero-order valence-corrected chi connectivity index (χ0v) is 14.4. The van der Waals surface area contributed by atoms with Crippen molar-refractivity contribution in [2.24, 2.45) is 0 Å². The average Bonchev–Trinajstić information content (AvgIpc) is 2.59. The molecule has 1 fully saturated rings. The number of rotatable bonds is 7. The van der Waals surface area contributed by atoms with Gasteiger partial charge in [-0.05, 0) is 25.0 Å². The summed E-state index contributed by atoms with van der Waals surface area (Å²) in [4.78, 5) is 12.0. The van der Waals surface area contributed by atoms with E-state index in [0.717, 1.165) is 31.8 Å². The van der Waals surface area contributed by atoms with Gasteiger partial charge >= 0.3 is 6.03 Å². The summed E-state index contributed by atoms with van der Waals surface area (Å²) in [5.41, 5.74) is 0.585. The number of nitrogens with one attached hydrogen (secondary N) is 2. The molecule has 7 heteroatoms. The second kappa shape index (κ2) is 9.52. The third-order valence-corrected chi connectivity index (χ3v) is 4.94. The molecule has 0 unspecified atom stereocenters. The lowest BCUT2D eigenvalue weighted by Crippen LogP contribution is -2.31. The number of ether oxygens (including phenoxy) is 3. The summed E-state index contributed by atoms with van der Waals surface area (Å²) in [5.74, 6) is 2.00. The van der Waals surface area contributed by atoms with Crippen LogP contribution in [0.1, 0.15) is 12.8 Å². The molecule has 6 nitrogen and oxygen atoms in total. The predicted molar refractivity (Wildman–Crippen MR) is 92.9 cm³/mol. The molecule has 2 N–H and O–H groups in total.